The van der Waals surface area contributed by atoms with Gasteiger partial charge in [-0.2, -0.15) is 0 Å². The molecule has 10 heteroatoms. The van der Waals surface area contributed by atoms with Crippen LogP contribution in [0, 0.1) is 10.1 Å². The molecule has 0 saturated carbocycles. The highest BCUT2D eigenvalue weighted by Gasteiger charge is 2.32. The number of carboxylic acid groups (broad SMARTS) is 1. The van der Waals surface area contributed by atoms with Gasteiger partial charge in [0.05, 0.1) is 18.1 Å². The topological polar surface area (TPSA) is 151 Å². The molecular formula is C27H26N2O8. The molecule has 4 rings (SSSR count). The van der Waals surface area contributed by atoms with Gasteiger partial charge in [0.2, 0.25) is 0 Å². The lowest BCUT2D eigenvalue weighted by atomic mass is 9.98. The summed E-state index contributed by atoms with van der Waals surface area (Å²) in [5.41, 5.74) is 9.71. The van der Waals surface area contributed by atoms with E-state index in [2.05, 4.69) is 0 Å². The molecule has 3 N–H and O–H groups in total. The summed E-state index contributed by atoms with van der Waals surface area (Å²) in [5.74, 6) is -2.07. The van der Waals surface area contributed by atoms with Gasteiger partial charge in [-0.05, 0) is 28.3 Å². The number of nitro benzene ring substituents is 1. The molecule has 0 radical (unpaired) electrons. The average molecular weight is 507 g/mol. The van der Waals surface area contributed by atoms with Crippen LogP contribution in [-0.2, 0) is 20.9 Å². The van der Waals surface area contributed by atoms with Gasteiger partial charge in [-0.1, -0.05) is 48.5 Å². The van der Waals surface area contributed by atoms with E-state index in [0.29, 0.717) is 0 Å². The number of esters is 1. The fraction of sp³-hybridized carbons (Fsp3) is 0.259. The van der Waals surface area contributed by atoms with Crippen molar-refractivity contribution in [1.82, 2.24) is 0 Å². The number of hydrogen-bond acceptors (Lipinski definition) is 8. The standard InChI is InChI=1S/C27H26N2O8/c1-35-24-12-16(14-28)22(29(33)34)13-25(24)37-23(10-11-26(30)31)27(32)36-15-21-19-8-4-2-6-17(19)18-7-3-5-9-20(18)21/h2-9,12-13,21,23H,10-11,14-15,28H2,1H3,(H,30,31). The number of nitrogens with two attached hydrogens (primary N) is 1. The van der Waals surface area contributed by atoms with Crippen LogP contribution in [0.15, 0.2) is 60.7 Å². The first kappa shape index (κ1) is 25.6. The highest BCUT2D eigenvalue weighted by atomic mass is 16.6. The molecule has 1 unspecified atom stereocenters. The minimum absolute atomic E-state index is 0.0170. The molecule has 37 heavy (non-hydrogen) atoms. The zero-order chi connectivity index (χ0) is 26.5. The molecule has 0 aliphatic heterocycles. The van der Waals surface area contributed by atoms with E-state index in [0.717, 1.165) is 28.3 Å². The fourth-order valence-corrected chi connectivity index (χ4v) is 4.51. The van der Waals surface area contributed by atoms with Crippen LogP contribution in [0.4, 0.5) is 5.69 Å². The largest absolute Gasteiger partial charge is 0.493 e. The van der Waals surface area contributed by atoms with Crippen LogP contribution in [0.3, 0.4) is 0 Å². The number of nitro groups is 1. The lowest BCUT2D eigenvalue weighted by Crippen LogP contribution is -2.31. The van der Waals surface area contributed by atoms with Crippen LogP contribution < -0.4 is 15.2 Å². The van der Waals surface area contributed by atoms with Crippen molar-refractivity contribution < 1.29 is 33.8 Å². The number of benzene rings is 3. The minimum atomic E-state index is -1.33. The molecule has 0 amide bonds. The smallest absolute Gasteiger partial charge is 0.347 e. The van der Waals surface area contributed by atoms with Crippen LogP contribution >= 0.6 is 0 Å². The van der Waals surface area contributed by atoms with Crippen LogP contribution in [0.2, 0.25) is 0 Å². The van der Waals surface area contributed by atoms with Gasteiger partial charge in [-0.3, -0.25) is 14.9 Å². The predicted octanol–water partition coefficient (Wildman–Crippen LogP) is 4.03. The van der Waals surface area contributed by atoms with Crippen LogP contribution in [0.25, 0.3) is 11.1 Å². The second kappa shape index (κ2) is 11.1. The van der Waals surface area contributed by atoms with Gasteiger partial charge >= 0.3 is 11.9 Å². The molecule has 1 aliphatic rings. The molecule has 0 aromatic heterocycles. The molecule has 1 atom stereocenters. The van der Waals surface area contributed by atoms with Crippen LogP contribution in [0.1, 0.15) is 35.4 Å². The molecular weight excluding hydrogens is 480 g/mol. The molecule has 3 aromatic carbocycles. The van der Waals surface area contributed by atoms with Crippen molar-refractivity contribution in [2.45, 2.75) is 31.4 Å². The molecule has 0 spiro atoms. The van der Waals surface area contributed by atoms with Gasteiger partial charge in [-0.15, -0.1) is 0 Å². The number of aliphatic carboxylic acids is 1. The summed E-state index contributed by atoms with van der Waals surface area (Å²) < 4.78 is 16.7. The lowest BCUT2D eigenvalue weighted by Gasteiger charge is -2.21. The minimum Gasteiger partial charge on any atom is -0.493 e. The zero-order valence-corrected chi connectivity index (χ0v) is 20.1. The Morgan fingerprint density at radius 2 is 1.68 bits per heavy atom. The fourth-order valence-electron chi connectivity index (χ4n) is 4.51. The first-order chi connectivity index (χ1) is 17.8. The van der Waals surface area contributed by atoms with Crippen LogP contribution in [0.5, 0.6) is 11.5 Å². The molecule has 0 fully saturated rings. The maximum absolute atomic E-state index is 13.1. The van der Waals surface area contributed by atoms with Gasteiger partial charge in [-0.25, -0.2) is 4.79 Å². The van der Waals surface area contributed by atoms with Crippen molar-refractivity contribution in [3.05, 3.63) is 87.5 Å². The second-order valence-corrected chi connectivity index (χ2v) is 8.49. The Morgan fingerprint density at radius 1 is 1.05 bits per heavy atom. The zero-order valence-electron chi connectivity index (χ0n) is 20.1. The first-order valence-corrected chi connectivity index (χ1v) is 11.6. The molecule has 0 heterocycles. The number of carbonyl (C=O) groups excluding carboxylic acids is 1. The second-order valence-electron chi connectivity index (χ2n) is 8.49. The first-order valence-electron chi connectivity index (χ1n) is 11.6. The molecule has 192 valence electrons. The third-order valence-electron chi connectivity index (χ3n) is 6.29. The van der Waals surface area contributed by atoms with E-state index in [1.165, 1.54) is 13.2 Å². The van der Waals surface area contributed by atoms with Crippen LogP contribution in [-0.4, -0.2) is 41.8 Å². The molecule has 0 saturated heterocycles. The van der Waals surface area contributed by atoms with E-state index in [1.54, 1.807) is 0 Å². The van der Waals surface area contributed by atoms with Crippen molar-refractivity contribution in [3.63, 3.8) is 0 Å². The monoisotopic (exact) mass is 506 g/mol. The number of rotatable bonds is 11. The predicted molar refractivity (Wildman–Crippen MR) is 134 cm³/mol. The van der Waals surface area contributed by atoms with E-state index in [9.17, 15) is 24.8 Å². The summed E-state index contributed by atoms with van der Waals surface area (Å²) in [7, 11) is 1.34. The van der Waals surface area contributed by atoms with Gasteiger partial charge in [0.25, 0.3) is 5.69 Å². The molecule has 0 bridgehead atoms. The van der Waals surface area contributed by atoms with E-state index in [-0.39, 0.29) is 54.7 Å². The Balaban J connectivity index is 1.58. The normalized spacial score (nSPS) is 12.8. The SMILES string of the molecule is COc1cc(CN)c([N+](=O)[O-])cc1OC(CCC(=O)O)C(=O)OCC1c2ccccc2-c2ccccc21. The molecule has 3 aromatic rings. The average Bonchev–Trinajstić information content (AvgIpc) is 3.22. The number of carboxylic acids is 1. The number of fused-ring (bicyclic) bond motifs is 3. The Labute approximate surface area is 212 Å². The highest BCUT2D eigenvalue weighted by Crippen LogP contribution is 2.44. The van der Waals surface area contributed by atoms with Crippen molar-refractivity contribution in [2.24, 2.45) is 5.73 Å². The Hall–Kier alpha value is -4.44. The lowest BCUT2D eigenvalue weighted by molar-refractivity contribution is -0.385. The summed E-state index contributed by atoms with van der Waals surface area (Å²) in [6.07, 6.45) is -1.91. The maximum Gasteiger partial charge on any atom is 0.347 e. The molecule has 10 nitrogen and oxygen atoms in total. The van der Waals surface area contributed by atoms with E-state index < -0.39 is 23.0 Å². The van der Waals surface area contributed by atoms with Crippen molar-refractivity contribution in [1.29, 1.82) is 0 Å². The van der Waals surface area contributed by atoms with Gasteiger partial charge in [0, 0.05) is 30.9 Å². The van der Waals surface area contributed by atoms with Gasteiger partial charge in [0.1, 0.15) is 6.61 Å². The summed E-state index contributed by atoms with van der Waals surface area (Å²) in [4.78, 5) is 35.3. The Morgan fingerprint density at radius 3 is 2.22 bits per heavy atom. The number of carbonyl (C=O) groups is 2. The summed E-state index contributed by atoms with van der Waals surface area (Å²) in [6, 6.07) is 18.2. The summed E-state index contributed by atoms with van der Waals surface area (Å²) >= 11 is 0. The quantitative estimate of drug-likeness (QED) is 0.223. The number of methoxy groups -OCH3 is 1. The number of hydrogen-bond donors (Lipinski definition) is 2. The Bertz CT molecular complexity index is 1290. The number of ether oxygens (including phenoxy) is 3. The Kier molecular flexibility index (Phi) is 7.69. The third kappa shape index (κ3) is 5.39. The van der Waals surface area contributed by atoms with E-state index in [1.807, 2.05) is 48.5 Å². The van der Waals surface area contributed by atoms with E-state index >= 15 is 0 Å². The maximum atomic E-state index is 13.1. The van der Waals surface area contributed by atoms with Gasteiger partial charge < -0.3 is 25.1 Å². The van der Waals surface area contributed by atoms with Crippen molar-refractivity contribution in [2.75, 3.05) is 13.7 Å². The number of nitrogens with zero attached hydrogens (tertiary/aromatic N) is 1. The van der Waals surface area contributed by atoms with Crippen molar-refractivity contribution >= 4 is 17.6 Å². The summed E-state index contributed by atoms with van der Waals surface area (Å²) in [6.45, 7) is -0.0923. The highest BCUT2D eigenvalue weighted by molar-refractivity contribution is 5.80. The molecule has 1 aliphatic carbocycles. The summed E-state index contributed by atoms with van der Waals surface area (Å²) in [5, 5.41) is 20.7. The van der Waals surface area contributed by atoms with E-state index in [4.69, 9.17) is 19.9 Å². The van der Waals surface area contributed by atoms with Gasteiger partial charge in [0.15, 0.2) is 17.6 Å². The van der Waals surface area contributed by atoms with Crippen molar-refractivity contribution in [3.8, 4) is 22.6 Å². The third-order valence-corrected chi connectivity index (χ3v) is 6.29.